The first-order valence-electron chi connectivity index (χ1n) is 14.7. The van der Waals surface area contributed by atoms with Crippen LogP contribution in [0.3, 0.4) is 0 Å². The third-order valence-corrected chi connectivity index (χ3v) is 8.53. The van der Waals surface area contributed by atoms with Gasteiger partial charge in [-0.3, -0.25) is 4.90 Å². The minimum absolute atomic E-state index is 0.0122. The zero-order valence-electron chi connectivity index (χ0n) is 24.6. The monoisotopic (exact) mass is 624 g/mol. The number of aromatic amines is 1. The second-order valence-electron chi connectivity index (χ2n) is 11.3. The molecule has 2 aromatic carbocycles. The normalized spacial score (nSPS) is 17.0. The van der Waals surface area contributed by atoms with Gasteiger partial charge in [-0.25, -0.2) is 4.79 Å². The van der Waals surface area contributed by atoms with Gasteiger partial charge in [0.15, 0.2) is 0 Å². The van der Waals surface area contributed by atoms with Crippen LogP contribution in [0.1, 0.15) is 90.9 Å². The largest absolute Gasteiger partial charge is 0.446 e. The third-order valence-electron chi connectivity index (χ3n) is 8.53. The predicted octanol–water partition coefficient (Wildman–Crippen LogP) is 7.71. The fourth-order valence-electron chi connectivity index (χ4n) is 6.37. The van der Waals surface area contributed by atoms with Crippen molar-refractivity contribution in [3.8, 4) is 0 Å². The number of anilines is 2. The fraction of sp³-hybridized carbons (Fsp3) is 0.533. The van der Waals surface area contributed by atoms with Gasteiger partial charge in [-0.2, -0.15) is 31.6 Å². The summed E-state index contributed by atoms with van der Waals surface area (Å²) in [4.78, 5) is 16.8. The van der Waals surface area contributed by atoms with Crippen LogP contribution in [0.15, 0.2) is 24.3 Å². The molecule has 2 aliphatic rings. The Morgan fingerprint density at radius 2 is 1.73 bits per heavy atom. The van der Waals surface area contributed by atoms with Crippen LogP contribution in [-0.4, -0.2) is 39.4 Å². The van der Waals surface area contributed by atoms with E-state index in [0.717, 1.165) is 41.5 Å². The van der Waals surface area contributed by atoms with Crippen LogP contribution in [0.2, 0.25) is 0 Å². The van der Waals surface area contributed by atoms with Crippen LogP contribution in [0.25, 0.3) is 0 Å². The van der Waals surface area contributed by atoms with Crippen molar-refractivity contribution >= 4 is 17.7 Å². The second-order valence-corrected chi connectivity index (χ2v) is 11.3. The standard InChI is InChI=1S/C30H34F6N6O2/c1-4-22(5-2)44-28(43)41-11-7-10-25(24-14-19-8-6-9-23(19)17(3)26(24)41)42(27-37-39-40-38-27)16-18-12-20(29(31,32)33)15-21(13-18)30(34,35)36/h12-15,22,25H,4-11,16H2,1-3H3,(H,37,38,39,40). The summed E-state index contributed by atoms with van der Waals surface area (Å²) in [7, 11) is 0. The molecule has 1 amide bonds. The Morgan fingerprint density at radius 3 is 2.32 bits per heavy atom. The maximum absolute atomic E-state index is 13.7. The Hall–Kier alpha value is -3.84. The minimum atomic E-state index is -4.99. The number of rotatable bonds is 7. The second kappa shape index (κ2) is 12.3. The number of alkyl halides is 6. The molecule has 3 aromatic rings. The van der Waals surface area contributed by atoms with Crippen molar-refractivity contribution in [2.75, 3.05) is 16.3 Å². The number of aromatic nitrogens is 4. The summed E-state index contributed by atoms with van der Waals surface area (Å²) in [5, 5.41) is 14.1. The molecule has 0 saturated heterocycles. The molecule has 0 radical (unpaired) electrons. The Labute approximate surface area is 250 Å². The molecule has 0 spiro atoms. The van der Waals surface area contributed by atoms with Crippen molar-refractivity contribution in [1.29, 1.82) is 0 Å². The fourth-order valence-corrected chi connectivity index (χ4v) is 6.37. The van der Waals surface area contributed by atoms with Crippen LogP contribution in [0.4, 0.5) is 42.8 Å². The van der Waals surface area contributed by atoms with E-state index in [2.05, 4.69) is 20.6 Å². The lowest BCUT2D eigenvalue weighted by Gasteiger charge is -2.33. The summed E-state index contributed by atoms with van der Waals surface area (Å²) in [6, 6.07) is 2.96. The van der Waals surface area contributed by atoms with E-state index in [-0.39, 0.29) is 30.2 Å². The van der Waals surface area contributed by atoms with E-state index >= 15 is 0 Å². The van der Waals surface area contributed by atoms with Gasteiger partial charge in [-0.1, -0.05) is 25.0 Å². The molecular weight excluding hydrogens is 590 g/mol. The van der Waals surface area contributed by atoms with E-state index in [1.807, 2.05) is 26.8 Å². The molecule has 1 aliphatic heterocycles. The van der Waals surface area contributed by atoms with Gasteiger partial charge in [0, 0.05) is 13.1 Å². The zero-order valence-corrected chi connectivity index (χ0v) is 24.6. The van der Waals surface area contributed by atoms with Gasteiger partial charge in [0.25, 0.3) is 5.95 Å². The minimum Gasteiger partial charge on any atom is -0.446 e. The number of benzene rings is 2. The Kier molecular flexibility index (Phi) is 8.81. The third kappa shape index (κ3) is 6.34. The van der Waals surface area contributed by atoms with E-state index in [9.17, 15) is 31.1 Å². The van der Waals surface area contributed by atoms with Gasteiger partial charge in [-0.05, 0) is 103 Å². The number of hydrogen-bond donors (Lipinski definition) is 1. The molecule has 0 fully saturated rings. The van der Waals surface area contributed by atoms with Gasteiger partial charge < -0.3 is 9.64 Å². The van der Waals surface area contributed by atoms with Gasteiger partial charge in [-0.15, -0.1) is 5.10 Å². The lowest BCUT2D eigenvalue weighted by atomic mass is 9.91. The molecule has 0 bridgehead atoms. The van der Waals surface area contributed by atoms with Gasteiger partial charge in [0.05, 0.1) is 22.9 Å². The number of carbonyl (C=O) groups is 1. The molecule has 1 unspecified atom stereocenters. The summed E-state index contributed by atoms with van der Waals surface area (Å²) in [5.74, 6) is 0.0122. The van der Waals surface area contributed by atoms with Crippen molar-refractivity contribution in [2.45, 2.75) is 96.8 Å². The van der Waals surface area contributed by atoms with Gasteiger partial charge in [0.2, 0.25) is 0 Å². The quantitative estimate of drug-likeness (QED) is 0.271. The number of tetrazole rings is 1. The molecule has 8 nitrogen and oxygen atoms in total. The predicted molar refractivity (Wildman–Crippen MR) is 150 cm³/mol. The number of carbonyl (C=O) groups excluding carboxylic acids is 1. The molecule has 1 N–H and O–H groups in total. The van der Waals surface area contributed by atoms with Crippen molar-refractivity contribution in [2.24, 2.45) is 0 Å². The number of nitrogens with zero attached hydrogens (tertiary/aromatic N) is 5. The Morgan fingerprint density at radius 1 is 1.05 bits per heavy atom. The summed E-state index contributed by atoms with van der Waals surface area (Å²) < 4.78 is 88.1. The molecule has 238 valence electrons. The molecule has 1 atom stereocenters. The molecule has 5 rings (SSSR count). The first-order chi connectivity index (χ1) is 20.8. The van der Waals surface area contributed by atoms with E-state index in [4.69, 9.17) is 4.74 Å². The topological polar surface area (TPSA) is 87.2 Å². The van der Waals surface area contributed by atoms with E-state index in [1.54, 1.807) is 9.80 Å². The molecule has 0 saturated carbocycles. The summed E-state index contributed by atoms with van der Waals surface area (Å²) in [6.07, 6.45) is -5.95. The average molecular weight is 625 g/mol. The molecule has 44 heavy (non-hydrogen) atoms. The summed E-state index contributed by atoms with van der Waals surface area (Å²) in [5.41, 5.74) is 1.51. The average Bonchev–Trinajstić information content (AvgIpc) is 3.64. The highest BCUT2D eigenvalue weighted by atomic mass is 19.4. The highest BCUT2D eigenvalue weighted by molar-refractivity contribution is 5.91. The molecule has 14 heteroatoms. The number of amides is 1. The summed E-state index contributed by atoms with van der Waals surface area (Å²) in [6.45, 7) is 5.78. The van der Waals surface area contributed by atoms with E-state index in [1.165, 1.54) is 0 Å². The number of halogens is 6. The number of hydrogen-bond acceptors (Lipinski definition) is 6. The first-order valence-corrected chi connectivity index (χ1v) is 14.7. The number of fused-ring (bicyclic) bond motifs is 2. The van der Waals surface area contributed by atoms with Crippen molar-refractivity contribution in [3.05, 3.63) is 63.2 Å². The molecular formula is C30H34F6N6O2. The number of ether oxygens (including phenoxy) is 1. The zero-order chi connectivity index (χ0) is 31.8. The van der Waals surface area contributed by atoms with Crippen LogP contribution in [-0.2, 0) is 36.5 Å². The van der Waals surface area contributed by atoms with E-state index < -0.39 is 35.6 Å². The SMILES string of the molecule is CCC(CC)OC(=O)N1CCCC(N(Cc2cc(C(F)(F)F)cc(C(F)(F)F)c2)c2nn[nH]n2)c2cc3c(c(C)c21)CCC3. The first kappa shape index (κ1) is 31.6. The van der Waals surface area contributed by atoms with Gasteiger partial charge >= 0.3 is 18.4 Å². The van der Waals surface area contributed by atoms with Crippen LogP contribution < -0.4 is 9.80 Å². The molecule has 2 heterocycles. The smallest absolute Gasteiger partial charge is 0.416 e. The van der Waals surface area contributed by atoms with Crippen LogP contribution in [0, 0.1) is 6.92 Å². The number of aryl methyl sites for hydroxylation is 1. The maximum Gasteiger partial charge on any atom is 0.416 e. The van der Waals surface area contributed by atoms with Crippen LogP contribution in [0.5, 0.6) is 0 Å². The van der Waals surface area contributed by atoms with Crippen molar-refractivity contribution < 1.29 is 35.9 Å². The maximum atomic E-state index is 13.7. The number of nitrogens with one attached hydrogen (secondary N) is 1. The highest BCUT2D eigenvalue weighted by Crippen LogP contribution is 2.45. The number of H-pyrrole nitrogens is 1. The van der Waals surface area contributed by atoms with Crippen molar-refractivity contribution in [3.63, 3.8) is 0 Å². The molecule has 1 aliphatic carbocycles. The van der Waals surface area contributed by atoms with Crippen LogP contribution >= 0.6 is 0 Å². The van der Waals surface area contributed by atoms with Crippen molar-refractivity contribution in [1.82, 2.24) is 20.6 Å². The molecule has 1 aromatic heterocycles. The lowest BCUT2D eigenvalue weighted by molar-refractivity contribution is -0.143. The summed E-state index contributed by atoms with van der Waals surface area (Å²) >= 11 is 0. The Balaban J connectivity index is 1.64. The lowest BCUT2D eigenvalue weighted by Crippen LogP contribution is -2.36. The van der Waals surface area contributed by atoms with Gasteiger partial charge in [0.1, 0.15) is 6.10 Å². The van der Waals surface area contributed by atoms with E-state index in [0.29, 0.717) is 50.0 Å². The highest BCUT2D eigenvalue weighted by Gasteiger charge is 2.39. The Bertz CT molecular complexity index is 1450.